The Morgan fingerprint density at radius 3 is 2.27 bits per heavy atom. The van der Waals surface area contributed by atoms with Gasteiger partial charge in [-0.25, -0.2) is 9.97 Å². The molecule has 0 fully saturated rings. The van der Waals surface area contributed by atoms with Crippen molar-refractivity contribution < 1.29 is 33.8 Å². The number of hydrogen-bond acceptors (Lipinski definition) is 12. The number of nitrogens with zero attached hydrogens (tertiary/aromatic N) is 4. The summed E-state index contributed by atoms with van der Waals surface area (Å²) in [5, 5.41) is 31.0. The van der Waals surface area contributed by atoms with E-state index in [-0.39, 0.29) is 60.3 Å². The molecule has 17 nitrogen and oxygen atoms in total. The Morgan fingerprint density at radius 1 is 0.984 bits per heavy atom. The first-order chi connectivity index (χ1) is 30.3. The van der Waals surface area contributed by atoms with Crippen LogP contribution in [0.1, 0.15) is 85.5 Å². The predicted octanol–water partition coefficient (Wildman–Crippen LogP) is 2.99. The van der Waals surface area contributed by atoms with Gasteiger partial charge in [0.1, 0.15) is 48.3 Å². The molecule has 3 aromatic carbocycles. The maximum absolute atomic E-state index is 14.6. The van der Waals surface area contributed by atoms with E-state index >= 15 is 0 Å². The standard InChI is InChI=1S/C47H58N10O7/c1-25(24-50)64-38-16-12-31-23-34(38)33-21-29(9-15-37(33)58)22-36(43(60)51-20-19-49)56-42(59)28(4)54-45(62)40(31)57(8)46(63)35(17-18-48)55-44(61)39-26(2)52-41(53-27(39)3)30-10-13-32(14-11-30)47(5,6)7/h9-16,21,23,25,28,35-36,40,58H,17-18,20,22,24,48,50H2,1-8H3,(H,51,60)(H,54,62)(H,55,61)(H,56,59)/t25?,28-,35-,36-,40-/m0/s1. The molecular formula is C47H58N10O7. The number of benzene rings is 3. The van der Waals surface area contributed by atoms with Crippen LogP contribution in [0.25, 0.3) is 22.5 Å². The molecule has 338 valence electrons. The van der Waals surface area contributed by atoms with Gasteiger partial charge in [0, 0.05) is 36.7 Å². The summed E-state index contributed by atoms with van der Waals surface area (Å²) in [6.45, 7) is 12.8. The Bertz CT molecular complexity index is 2420. The van der Waals surface area contributed by atoms with Crippen molar-refractivity contribution in [3.05, 3.63) is 94.3 Å². The number of nitriles is 1. The molecule has 1 aliphatic rings. The van der Waals surface area contributed by atoms with Crippen molar-refractivity contribution in [2.45, 2.75) is 97.0 Å². The van der Waals surface area contributed by atoms with Crippen molar-refractivity contribution in [1.82, 2.24) is 36.1 Å². The number of carbonyl (C=O) groups excluding carboxylic acids is 5. The molecule has 1 unspecified atom stereocenters. The van der Waals surface area contributed by atoms with Gasteiger partial charge >= 0.3 is 0 Å². The average Bonchev–Trinajstić information content (AvgIpc) is 3.25. The van der Waals surface area contributed by atoms with Crippen molar-refractivity contribution in [3.8, 4) is 40.1 Å². The van der Waals surface area contributed by atoms with Crippen LogP contribution in [0, 0.1) is 25.2 Å². The number of likely N-dealkylation sites (N-methyl/N-ethyl adjacent to an activating group) is 1. The molecule has 1 aromatic heterocycles. The van der Waals surface area contributed by atoms with Gasteiger partial charge in [0.15, 0.2) is 5.82 Å². The van der Waals surface area contributed by atoms with Crippen LogP contribution in [0.5, 0.6) is 11.5 Å². The third kappa shape index (κ3) is 11.2. The number of amides is 5. The van der Waals surface area contributed by atoms with Crippen molar-refractivity contribution >= 4 is 29.5 Å². The average molecular weight is 875 g/mol. The largest absolute Gasteiger partial charge is 0.507 e. The fourth-order valence-electron chi connectivity index (χ4n) is 7.44. The summed E-state index contributed by atoms with van der Waals surface area (Å²) in [6, 6.07) is 14.1. The zero-order valence-corrected chi connectivity index (χ0v) is 37.5. The smallest absolute Gasteiger partial charge is 0.255 e. The Hall–Kier alpha value is -6.90. The number of aryl methyl sites for hydroxylation is 2. The summed E-state index contributed by atoms with van der Waals surface area (Å²) in [7, 11) is 1.39. The van der Waals surface area contributed by atoms with E-state index in [0.29, 0.717) is 34.1 Å². The van der Waals surface area contributed by atoms with E-state index in [1.165, 1.54) is 20.0 Å². The highest BCUT2D eigenvalue weighted by molar-refractivity contribution is 6.00. The van der Waals surface area contributed by atoms with Crippen molar-refractivity contribution in [2.75, 3.05) is 26.7 Å². The third-order valence-corrected chi connectivity index (χ3v) is 11.0. The molecular weight excluding hydrogens is 817 g/mol. The number of aromatic hydroxyl groups is 1. The van der Waals surface area contributed by atoms with Crippen LogP contribution in [0.4, 0.5) is 0 Å². The van der Waals surface area contributed by atoms with Crippen LogP contribution >= 0.6 is 0 Å². The highest BCUT2D eigenvalue weighted by atomic mass is 16.5. The summed E-state index contributed by atoms with van der Waals surface area (Å²) in [5.41, 5.74) is 16.1. The summed E-state index contributed by atoms with van der Waals surface area (Å²) >= 11 is 0. The maximum Gasteiger partial charge on any atom is 0.255 e. The Balaban J connectivity index is 1.55. The lowest BCUT2D eigenvalue weighted by Crippen LogP contribution is -2.56. The van der Waals surface area contributed by atoms with E-state index < -0.39 is 59.8 Å². The number of fused-ring (bicyclic) bond motifs is 5. The number of phenols is 1. The second kappa shape index (κ2) is 20.5. The molecule has 9 N–H and O–H groups in total. The van der Waals surface area contributed by atoms with Crippen LogP contribution in [0.15, 0.2) is 60.7 Å². The minimum absolute atomic E-state index is 0.00913. The molecule has 2 heterocycles. The van der Waals surface area contributed by atoms with Crippen LogP contribution in [0.3, 0.4) is 0 Å². The third-order valence-electron chi connectivity index (χ3n) is 11.0. The highest BCUT2D eigenvalue weighted by Gasteiger charge is 2.36. The molecule has 1 aliphatic heterocycles. The Labute approximate surface area is 373 Å². The molecule has 0 aliphatic carbocycles. The van der Waals surface area contributed by atoms with E-state index in [0.717, 1.165) is 16.0 Å². The van der Waals surface area contributed by atoms with E-state index in [1.807, 2.05) is 30.3 Å². The van der Waals surface area contributed by atoms with Gasteiger partial charge in [0.05, 0.1) is 23.0 Å². The van der Waals surface area contributed by atoms with Crippen molar-refractivity contribution in [3.63, 3.8) is 0 Å². The van der Waals surface area contributed by atoms with Crippen LogP contribution in [-0.2, 0) is 31.0 Å². The second-order valence-electron chi connectivity index (χ2n) is 17.0. The van der Waals surface area contributed by atoms with Gasteiger partial charge in [-0.3, -0.25) is 24.0 Å². The van der Waals surface area contributed by atoms with Gasteiger partial charge in [-0.05, 0) is 87.0 Å². The SMILES string of the molecule is Cc1nc(-c2ccc(C(C)(C)C)cc2)nc(C)c1C(=O)N[C@@H](CCN)C(=O)N(C)[C@@H]1C(=O)N[C@@H](C)C(=O)N[C@H](C(=O)NCC#N)Cc2ccc(O)c(c2)-c2cc1ccc2OC(C)CN. The molecule has 0 saturated heterocycles. The van der Waals surface area contributed by atoms with Crippen LogP contribution in [0.2, 0.25) is 0 Å². The Morgan fingerprint density at radius 2 is 1.66 bits per heavy atom. The van der Waals surface area contributed by atoms with E-state index in [4.69, 9.17) is 21.5 Å². The van der Waals surface area contributed by atoms with Crippen molar-refractivity contribution in [2.24, 2.45) is 11.5 Å². The molecule has 5 atom stereocenters. The lowest BCUT2D eigenvalue weighted by molar-refractivity contribution is -0.141. The molecule has 4 aromatic rings. The molecule has 17 heteroatoms. The van der Waals surface area contributed by atoms with Gasteiger partial charge in [0.2, 0.25) is 23.6 Å². The van der Waals surface area contributed by atoms with E-state index in [9.17, 15) is 29.1 Å². The second-order valence-corrected chi connectivity index (χ2v) is 17.0. The van der Waals surface area contributed by atoms with Gasteiger partial charge in [-0.1, -0.05) is 57.2 Å². The summed E-state index contributed by atoms with van der Waals surface area (Å²) in [6.07, 6.45) is -0.520. The quantitative estimate of drug-likeness (QED) is 0.101. The molecule has 64 heavy (non-hydrogen) atoms. The summed E-state index contributed by atoms with van der Waals surface area (Å²) < 4.78 is 6.18. The number of hydrogen-bond donors (Lipinski definition) is 7. The number of rotatable bonds is 12. The molecule has 0 radical (unpaired) electrons. The van der Waals surface area contributed by atoms with E-state index in [2.05, 4.69) is 52.0 Å². The lowest BCUT2D eigenvalue weighted by atomic mass is 9.86. The maximum atomic E-state index is 14.6. The van der Waals surface area contributed by atoms with Crippen molar-refractivity contribution in [1.29, 1.82) is 5.26 Å². The first-order valence-corrected chi connectivity index (χ1v) is 21.1. The fourth-order valence-corrected chi connectivity index (χ4v) is 7.44. The van der Waals surface area contributed by atoms with Gasteiger partial charge in [-0.15, -0.1) is 0 Å². The lowest BCUT2D eigenvalue weighted by Gasteiger charge is -2.32. The molecule has 5 rings (SSSR count). The molecule has 4 bridgehead atoms. The molecule has 0 spiro atoms. The van der Waals surface area contributed by atoms with Gasteiger partial charge in [-0.2, -0.15) is 5.26 Å². The monoisotopic (exact) mass is 874 g/mol. The van der Waals surface area contributed by atoms with E-state index in [1.54, 1.807) is 51.1 Å². The number of nitrogens with two attached hydrogens (primary N) is 2. The Kier molecular flexibility index (Phi) is 15.4. The number of aromatic nitrogens is 2. The first-order valence-electron chi connectivity index (χ1n) is 21.1. The van der Waals surface area contributed by atoms with Gasteiger partial charge in [0.25, 0.3) is 5.91 Å². The van der Waals surface area contributed by atoms with Gasteiger partial charge < -0.3 is 47.5 Å². The minimum atomic E-state index is -1.43. The minimum Gasteiger partial charge on any atom is -0.507 e. The number of nitrogens with one attached hydrogen (secondary N) is 4. The normalized spacial score (nSPS) is 17.4. The number of carbonyl (C=O) groups is 5. The first kappa shape index (κ1) is 48.1. The number of phenolic OH excluding ortho intramolecular Hbond substituents is 1. The van der Waals surface area contributed by atoms with Crippen LogP contribution in [-0.4, -0.2) is 100 Å². The zero-order valence-electron chi connectivity index (χ0n) is 37.5. The van der Waals surface area contributed by atoms with Crippen LogP contribution < -0.4 is 37.5 Å². The summed E-state index contributed by atoms with van der Waals surface area (Å²) in [4.78, 5) is 80.5. The molecule has 5 amide bonds. The summed E-state index contributed by atoms with van der Waals surface area (Å²) in [5.74, 6) is -2.87. The topological polar surface area (TPSA) is 268 Å². The number of ether oxygens (including phenoxy) is 1. The molecule has 0 saturated carbocycles. The fraction of sp³-hybridized carbons (Fsp3) is 0.404. The highest BCUT2D eigenvalue weighted by Crippen LogP contribution is 2.40. The zero-order chi connectivity index (χ0) is 47.0. The predicted molar refractivity (Wildman–Crippen MR) is 241 cm³/mol.